The highest BCUT2D eigenvalue weighted by molar-refractivity contribution is 6.32. The number of aromatic nitrogens is 2. The van der Waals surface area contributed by atoms with Gasteiger partial charge in [0.15, 0.2) is 0 Å². The van der Waals surface area contributed by atoms with Gasteiger partial charge in [-0.2, -0.15) is 5.10 Å². The van der Waals surface area contributed by atoms with Crippen molar-refractivity contribution in [1.82, 2.24) is 9.78 Å². The molecule has 3 aromatic carbocycles. The molecule has 4 rings (SSSR count). The molecule has 0 spiro atoms. The third-order valence-electron chi connectivity index (χ3n) is 4.02. The first-order chi connectivity index (χ1) is 12.8. The van der Waals surface area contributed by atoms with Gasteiger partial charge in [0.1, 0.15) is 0 Å². The Morgan fingerprint density at radius 2 is 1.46 bits per heavy atom. The summed E-state index contributed by atoms with van der Waals surface area (Å²) in [5.74, 6) is 0. The highest BCUT2D eigenvalue weighted by Gasteiger charge is 2.09. The molecule has 0 bridgehead atoms. The second kappa shape index (κ2) is 7.38. The molecule has 0 unspecified atom stereocenters. The average Bonchev–Trinajstić information content (AvgIpc) is 3.23. The summed E-state index contributed by atoms with van der Waals surface area (Å²) in [6.07, 6.45) is 3.59. The highest BCUT2D eigenvalue weighted by atomic mass is 35.5. The van der Waals surface area contributed by atoms with Crippen molar-refractivity contribution < 1.29 is 0 Å². The quantitative estimate of drug-likeness (QED) is 0.431. The van der Waals surface area contributed by atoms with E-state index >= 15 is 0 Å². The first kappa shape index (κ1) is 16.3. The van der Waals surface area contributed by atoms with Gasteiger partial charge in [0, 0.05) is 23.5 Å². The highest BCUT2D eigenvalue weighted by Crippen LogP contribution is 2.27. The van der Waals surface area contributed by atoms with E-state index < -0.39 is 0 Å². The summed E-state index contributed by atoms with van der Waals surface area (Å²) in [7, 11) is 0. The Labute approximate surface area is 157 Å². The molecule has 4 aromatic rings. The maximum absolute atomic E-state index is 6.35. The van der Waals surface area contributed by atoms with Gasteiger partial charge in [-0.25, -0.2) is 9.67 Å². The third kappa shape index (κ3) is 3.44. The van der Waals surface area contributed by atoms with E-state index in [-0.39, 0.29) is 0 Å². The monoisotopic (exact) mass is 357 g/mol. The number of rotatable bonds is 4. The molecule has 0 aliphatic carbocycles. The predicted molar refractivity (Wildman–Crippen MR) is 107 cm³/mol. The Balaban J connectivity index is 1.84. The van der Waals surface area contributed by atoms with Gasteiger partial charge in [-0.1, -0.05) is 72.3 Å². The largest absolute Gasteiger partial charge is 0.248 e. The molecular weight excluding hydrogens is 342 g/mol. The number of hydrogen-bond acceptors (Lipinski definition) is 2. The predicted octanol–water partition coefficient (Wildman–Crippen LogP) is 5.69. The van der Waals surface area contributed by atoms with Crippen molar-refractivity contribution in [3.8, 4) is 5.69 Å². The first-order valence-electron chi connectivity index (χ1n) is 8.30. The van der Waals surface area contributed by atoms with Crippen molar-refractivity contribution in [2.75, 3.05) is 0 Å². The van der Waals surface area contributed by atoms with Crippen molar-refractivity contribution in [1.29, 1.82) is 0 Å². The maximum Gasteiger partial charge on any atom is 0.0853 e. The van der Waals surface area contributed by atoms with E-state index in [1.54, 1.807) is 10.9 Å². The van der Waals surface area contributed by atoms with Crippen LogP contribution in [0.15, 0.2) is 102 Å². The van der Waals surface area contributed by atoms with E-state index in [1.165, 1.54) is 0 Å². The van der Waals surface area contributed by atoms with E-state index in [4.69, 9.17) is 16.6 Å². The molecule has 1 aromatic heterocycles. The Kier molecular flexibility index (Phi) is 4.63. The van der Waals surface area contributed by atoms with Gasteiger partial charge in [0.25, 0.3) is 0 Å². The molecule has 0 aliphatic rings. The van der Waals surface area contributed by atoms with Gasteiger partial charge in [-0.15, -0.1) is 0 Å². The molecule has 0 N–H and O–H groups in total. The molecule has 0 saturated heterocycles. The van der Waals surface area contributed by atoms with Crippen LogP contribution in [0.1, 0.15) is 11.1 Å². The molecular formula is C22H16ClN3. The zero-order chi connectivity index (χ0) is 17.8. The molecule has 0 fully saturated rings. The number of benzene rings is 3. The summed E-state index contributed by atoms with van der Waals surface area (Å²) in [5.41, 5.74) is 4.67. The fourth-order valence-corrected chi connectivity index (χ4v) is 2.98. The van der Waals surface area contributed by atoms with Crippen LogP contribution >= 0.6 is 11.6 Å². The smallest absolute Gasteiger partial charge is 0.0853 e. The molecule has 0 atom stereocenters. The molecule has 0 saturated carbocycles. The van der Waals surface area contributed by atoms with Gasteiger partial charge < -0.3 is 0 Å². The molecule has 4 heteroatoms. The fraction of sp³-hybridized carbons (Fsp3) is 0. The number of nitrogens with zero attached hydrogens (tertiary/aromatic N) is 3. The Morgan fingerprint density at radius 1 is 0.808 bits per heavy atom. The van der Waals surface area contributed by atoms with Crippen LogP contribution in [-0.2, 0) is 0 Å². The normalized spacial score (nSPS) is 10.5. The molecule has 0 radical (unpaired) electrons. The van der Waals surface area contributed by atoms with Crippen LogP contribution in [0.5, 0.6) is 0 Å². The Bertz CT molecular complexity index is 982. The lowest BCUT2D eigenvalue weighted by Crippen LogP contribution is -2.02. The van der Waals surface area contributed by atoms with Crippen LogP contribution in [0.4, 0.5) is 5.69 Å². The number of aliphatic imine (C=N–C) groups is 1. The van der Waals surface area contributed by atoms with Crippen molar-refractivity contribution >= 4 is 23.0 Å². The van der Waals surface area contributed by atoms with Crippen molar-refractivity contribution in [3.05, 3.63) is 113 Å². The van der Waals surface area contributed by atoms with Gasteiger partial charge in [-0.3, -0.25) is 0 Å². The van der Waals surface area contributed by atoms with Crippen molar-refractivity contribution in [3.63, 3.8) is 0 Å². The van der Waals surface area contributed by atoms with E-state index in [9.17, 15) is 0 Å². The Morgan fingerprint density at radius 3 is 2.04 bits per heavy atom. The second-order valence-corrected chi connectivity index (χ2v) is 6.19. The van der Waals surface area contributed by atoms with Crippen molar-refractivity contribution in [2.45, 2.75) is 0 Å². The zero-order valence-corrected chi connectivity index (χ0v) is 14.7. The molecule has 1 heterocycles. The molecule has 126 valence electrons. The summed E-state index contributed by atoms with van der Waals surface area (Å²) in [5, 5.41) is 4.90. The third-order valence-corrected chi connectivity index (χ3v) is 4.34. The second-order valence-electron chi connectivity index (χ2n) is 5.78. The van der Waals surface area contributed by atoms with E-state index in [0.717, 1.165) is 28.2 Å². The number of halogens is 1. The van der Waals surface area contributed by atoms with Gasteiger partial charge in [0.05, 0.1) is 22.1 Å². The van der Waals surface area contributed by atoms with Gasteiger partial charge in [0.2, 0.25) is 0 Å². The van der Waals surface area contributed by atoms with E-state index in [2.05, 4.69) is 29.4 Å². The summed E-state index contributed by atoms with van der Waals surface area (Å²) in [4.78, 5) is 4.93. The first-order valence-corrected chi connectivity index (χ1v) is 8.68. The minimum absolute atomic E-state index is 0.633. The van der Waals surface area contributed by atoms with Crippen LogP contribution in [0.25, 0.3) is 5.69 Å². The molecule has 0 amide bonds. The lowest BCUT2D eigenvalue weighted by atomic mass is 10.0. The summed E-state index contributed by atoms with van der Waals surface area (Å²) in [6, 6.07) is 27.9. The maximum atomic E-state index is 6.35. The van der Waals surface area contributed by atoms with E-state index in [0.29, 0.717) is 5.02 Å². The average molecular weight is 358 g/mol. The molecule has 3 nitrogen and oxygen atoms in total. The lowest BCUT2D eigenvalue weighted by molar-refractivity contribution is 0.881. The number of hydrogen-bond donors (Lipinski definition) is 0. The summed E-state index contributed by atoms with van der Waals surface area (Å²) in [6.45, 7) is 0. The van der Waals surface area contributed by atoms with Crippen LogP contribution in [0, 0.1) is 0 Å². The molecule has 26 heavy (non-hydrogen) atoms. The minimum atomic E-state index is 0.633. The summed E-state index contributed by atoms with van der Waals surface area (Å²) >= 11 is 6.35. The van der Waals surface area contributed by atoms with Crippen LogP contribution in [0.3, 0.4) is 0 Å². The zero-order valence-electron chi connectivity index (χ0n) is 14.0. The topological polar surface area (TPSA) is 30.2 Å². The van der Waals surface area contributed by atoms with Gasteiger partial charge in [-0.05, 0) is 24.3 Å². The van der Waals surface area contributed by atoms with Gasteiger partial charge >= 0.3 is 0 Å². The van der Waals surface area contributed by atoms with Crippen LogP contribution in [-0.4, -0.2) is 15.5 Å². The lowest BCUT2D eigenvalue weighted by Gasteiger charge is -2.09. The van der Waals surface area contributed by atoms with Crippen molar-refractivity contribution in [2.24, 2.45) is 4.99 Å². The Hall–Kier alpha value is -3.17. The van der Waals surface area contributed by atoms with E-state index in [1.807, 2.05) is 66.9 Å². The van der Waals surface area contributed by atoms with Crippen LogP contribution in [0.2, 0.25) is 5.02 Å². The SMILES string of the molecule is Clc1ccc(N=C(c2ccccc2)c2ccccc2)cc1-n1cccn1. The van der Waals surface area contributed by atoms with Crippen LogP contribution < -0.4 is 0 Å². The molecule has 0 aliphatic heterocycles. The standard InChI is InChI=1S/C22H16ClN3/c23-20-13-12-19(16-21(20)26-15-7-14-24-26)25-22(17-8-3-1-4-9-17)18-10-5-2-6-11-18/h1-16H. The summed E-state index contributed by atoms with van der Waals surface area (Å²) < 4.78 is 1.74. The fourth-order valence-electron chi connectivity index (χ4n) is 2.77. The minimum Gasteiger partial charge on any atom is -0.248 e.